The number of carbonyl (C=O) groups excluding carboxylic acids is 3. The SMILES string of the molecule is C.CC(=O)c1n[nH]n(Cc2ccccc2)c1=O.CC(=O)c1nnn(Cc2ccccc2)c1-c1ccccc1.CC(=O)c1nnn(Cc2ccccc2)c1CO.CCc1c(OS(C)(=O)=O)nnn1Cc1ccccc1. The molecule has 0 amide bonds. The third-order valence-electron chi connectivity index (χ3n) is 10.6. The van der Waals surface area contributed by atoms with Crippen molar-refractivity contribution in [3.63, 3.8) is 0 Å². The van der Waals surface area contributed by atoms with Gasteiger partial charge < -0.3 is 9.29 Å². The number of carbonyl (C=O) groups is 3. The number of ketones is 3. The smallest absolute Gasteiger partial charge is 0.307 e. The Morgan fingerprint density at radius 2 is 0.946 bits per heavy atom. The van der Waals surface area contributed by atoms with E-state index in [9.17, 15) is 32.7 Å². The fraction of sp³-hybridized carbons (Fsp3) is 0.226. The number of nitrogens with one attached hydrogen (secondary N) is 1. The molecule has 0 aliphatic carbocycles. The van der Waals surface area contributed by atoms with Crippen LogP contribution in [-0.2, 0) is 49.3 Å². The minimum Gasteiger partial charge on any atom is -0.390 e. The third-order valence-corrected chi connectivity index (χ3v) is 11.0. The van der Waals surface area contributed by atoms with Gasteiger partial charge in [0.1, 0.15) is 5.69 Å². The van der Waals surface area contributed by atoms with E-state index in [1.54, 1.807) is 14.0 Å². The van der Waals surface area contributed by atoms with Crippen LogP contribution < -0.4 is 9.74 Å². The van der Waals surface area contributed by atoms with E-state index in [1.807, 2.05) is 159 Å². The highest BCUT2D eigenvalue weighted by molar-refractivity contribution is 7.86. The molecule has 74 heavy (non-hydrogen) atoms. The Hall–Kier alpha value is -8.82. The number of aliphatic hydroxyl groups is 1. The molecule has 21 heteroatoms. The highest BCUT2D eigenvalue weighted by Crippen LogP contribution is 2.23. The molecule has 5 aromatic carbocycles. The fourth-order valence-electron chi connectivity index (χ4n) is 7.12. The number of Topliss-reactive ketones (excluding diaryl/α,β-unsaturated/α-hetero) is 3. The number of rotatable bonds is 16. The van der Waals surface area contributed by atoms with Gasteiger partial charge in [0.05, 0.1) is 50.4 Å². The molecule has 0 spiro atoms. The van der Waals surface area contributed by atoms with Gasteiger partial charge in [-0.25, -0.2) is 23.9 Å². The minimum absolute atomic E-state index is 0. The average molecular weight is 1020 g/mol. The van der Waals surface area contributed by atoms with E-state index in [4.69, 9.17) is 4.18 Å². The lowest BCUT2D eigenvalue weighted by molar-refractivity contribution is 0.0998. The lowest BCUT2D eigenvalue weighted by Crippen LogP contribution is -2.21. The first-order chi connectivity index (χ1) is 35.1. The van der Waals surface area contributed by atoms with Gasteiger partial charge in [-0.2, -0.15) is 13.5 Å². The number of hydrogen-bond donors (Lipinski definition) is 2. The van der Waals surface area contributed by atoms with Crippen LogP contribution in [0.5, 0.6) is 5.88 Å². The molecule has 0 saturated carbocycles. The van der Waals surface area contributed by atoms with Crippen molar-refractivity contribution < 1.29 is 32.1 Å². The number of aliphatic hydroxyl groups excluding tert-OH is 1. The summed E-state index contributed by atoms with van der Waals surface area (Å²) in [5.41, 5.74) is 7.27. The molecule has 0 aliphatic heterocycles. The van der Waals surface area contributed by atoms with Crippen molar-refractivity contribution in [2.45, 2.75) is 74.3 Å². The van der Waals surface area contributed by atoms with E-state index < -0.39 is 10.1 Å². The van der Waals surface area contributed by atoms with Gasteiger partial charge in [0.15, 0.2) is 34.4 Å². The first-order valence-electron chi connectivity index (χ1n) is 22.8. The van der Waals surface area contributed by atoms with Crippen LogP contribution in [0, 0.1) is 0 Å². The second-order valence-corrected chi connectivity index (χ2v) is 17.8. The van der Waals surface area contributed by atoms with E-state index in [2.05, 4.69) is 41.2 Å². The number of H-pyrrole nitrogens is 1. The molecule has 4 heterocycles. The number of hydrogen-bond acceptors (Lipinski definition) is 15. The van der Waals surface area contributed by atoms with Crippen molar-refractivity contribution in [1.82, 2.24) is 60.0 Å². The van der Waals surface area contributed by atoms with Crippen LogP contribution >= 0.6 is 0 Å². The van der Waals surface area contributed by atoms with Gasteiger partial charge in [0.25, 0.3) is 11.4 Å². The normalized spacial score (nSPS) is 10.6. The molecular formula is C53H58N12O8S. The van der Waals surface area contributed by atoms with Crippen molar-refractivity contribution >= 4 is 27.5 Å². The molecule has 0 radical (unpaired) electrons. The summed E-state index contributed by atoms with van der Waals surface area (Å²) in [6.45, 7) is 7.92. The highest BCUT2D eigenvalue weighted by Gasteiger charge is 2.20. The van der Waals surface area contributed by atoms with Gasteiger partial charge in [-0.1, -0.05) is 187 Å². The minimum atomic E-state index is -3.59. The molecular weight excluding hydrogens is 965 g/mol. The zero-order valence-corrected chi connectivity index (χ0v) is 41.6. The van der Waals surface area contributed by atoms with E-state index >= 15 is 0 Å². The van der Waals surface area contributed by atoms with Gasteiger partial charge >= 0.3 is 10.1 Å². The highest BCUT2D eigenvalue weighted by atomic mass is 32.2. The summed E-state index contributed by atoms with van der Waals surface area (Å²) < 4.78 is 33.4. The molecule has 4 aromatic heterocycles. The lowest BCUT2D eigenvalue weighted by atomic mass is 10.1. The second-order valence-electron chi connectivity index (χ2n) is 16.2. The maximum atomic E-state index is 11.8. The van der Waals surface area contributed by atoms with Gasteiger partial charge in [0.2, 0.25) is 0 Å². The molecule has 384 valence electrons. The Kier molecular flexibility index (Phi) is 20.6. The van der Waals surface area contributed by atoms with Crippen molar-refractivity contribution in [3.05, 3.63) is 213 Å². The molecule has 0 saturated heterocycles. The largest absolute Gasteiger partial charge is 0.390 e. The lowest BCUT2D eigenvalue weighted by Gasteiger charge is -2.07. The zero-order valence-electron chi connectivity index (χ0n) is 40.8. The summed E-state index contributed by atoms with van der Waals surface area (Å²) in [4.78, 5) is 45.8. The molecule has 20 nitrogen and oxygen atoms in total. The predicted molar refractivity (Wildman–Crippen MR) is 278 cm³/mol. The van der Waals surface area contributed by atoms with Crippen molar-refractivity contribution in [2.24, 2.45) is 0 Å². The Labute approximate surface area is 428 Å². The quantitative estimate of drug-likeness (QED) is 0.0737. The molecule has 9 rings (SSSR count). The van der Waals surface area contributed by atoms with Crippen molar-refractivity contribution in [3.8, 4) is 17.1 Å². The maximum Gasteiger partial charge on any atom is 0.307 e. The van der Waals surface area contributed by atoms with Gasteiger partial charge in [0, 0.05) is 26.3 Å². The molecule has 0 aliphatic rings. The number of aromatic nitrogens is 12. The molecule has 0 fully saturated rings. The van der Waals surface area contributed by atoms with Crippen LogP contribution in [0.25, 0.3) is 11.3 Å². The van der Waals surface area contributed by atoms with Crippen molar-refractivity contribution in [1.29, 1.82) is 0 Å². The van der Waals surface area contributed by atoms with E-state index in [1.165, 1.54) is 25.5 Å². The summed E-state index contributed by atoms with van der Waals surface area (Å²) in [6.07, 6.45) is 1.58. The van der Waals surface area contributed by atoms with Crippen LogP contribution in [0.3, 0.4) is 0 Å². The summed E-state index contributed by atoms with van der Waals surface area (Å²) in [5.74, 6) is -0.532. The second kappa shape index (κ2) is 27.1. The van der Waals surface area contributed by atoms with Crippen LogP contribution in [0.1, 0.15) is 100 Å². The topological polar surface area (TPSA) is 258 Å². The molecule has 0 atom stereocenters. The monoisotopic (exact) mass is 1020 g/mol. The summed E-state index contributed by atoms with van der Waals surface area (Å²) >= 11 is 0. The molecule has 0 unspecified atom stereocenters. The van der Waals surface area contributed by atoms with E-state index in [0.29, 0.717) is 49.7 Å². The van der Waals surface area contributed by atoms with Crippen LogP contribution in [-0.4, -0.2) is 97.1 Å². The standard InChI is InChI=1S/C17H15N3O.C12H15N3O3S.C12H13N3O2.C11H11N3O2.CH4/c1-13(21)16-17(15-10-6-3-7-11-15)20(19-18-16)12-14-8-4-2-5-9-14;1-3-11-12(18-19(2,16)17)13-14-15(11)9-10-7-5-4-6-8-10;1-9(17)12-11(8-16)15(14-13-12)7-10-5-3-2-4-6-10;1-8(15)10-11(16)14(13-12-10)7-9-5-3-2-4-6-9;/h2-11H,12H2,1H3;4-8H,3,9H2,1-2H3;2-6,16H,7-8H2,1H3;2-6,13H,7H2,1H3;1H4. The Morgan fingerprint density at radius 3 is 1.36 bits per heavy atom. The van der Waals surface area contributed by atoms with Crippen LogP contribution in [0.15, 0.2) is 156 Å². The first-order valence-corrected chi connectivity index (χ1v) is 24.6. The third kappa shape index (κ3) is 15.8. The fourth-order valence-corrected chi connectivity index (χ4v) is 7.54. The van der Waals surface area contributed by atoms with Crippen LogP contribution in [0.4, 0.5) is 0 Å². The molecule has 9 aromatic rings. The van der Waals surface area contributed by atoms with Gasteiger partial charge in [-0.05, 0) is 28.7 Å². The summed E-state index contributed by atoms with van der Waals surface area (Å²) in [5, 5.41) is 39.1. The summed E-state index contributed by atoms with van der Waals surface area (Å²) in [6, 6.07) is 48.7. The Bertz CT molecular complexity index is 3380. The Balaban J connectivity index is 0.000000183. The van der Waals surface area contributed by atoms with Gasteiger partial charge in [-0.15, -0.1) is 10.2 Å². The summed E-state index contributed by atoms with van der Waals surface area (Å²) in [7, 11) is -3.59. The number of aromatic amines is 1. The molecule has 0 bridgehead atoms. The van der Waals surface area contributed by atoms with E-state index in [-0.39, 0.29) is 54.2 Å². The number of nitrogens with zero attached hydrogens (tertiary/aromatic N) is 11. The first kappa shape index (κ1) is 56.1. The van der Waals surface area contributed by atoms with Crippen LogP contribution in [0.2, 0.25) is 0 Å². The predicted octanol–water partition coefficient (Wildman–Crippen LogP) is 6.90. The molecule has 2 N–H and O–H groups in total. The average Bonchev–Trinajstić information content (AvgIpc) is 4.19. The van der Waals surface area contributed by atoms with Crippen molar-refractivity contribution in [2.75, 3.05) is 6.26 Å². The maximum absolute atomic E-state index is 11.8. The zero-order chi connectivity index (χ0) is 52.3. The Morgan fingerprint density at radius 1 is 0.554 bits per heavy atom. The van der Waals surface area contributed by atoms with E-state index in [0.717, 1.165) is 39.8 Å². The number of benzene rings is 5. The van der Waals surface area contributed by atoms with Gasteiger partial charge in [-0.3, -0.25) is 19.2 Å².